The fraction of sp³-hybridized carbons (Fsp3) is 0.625. The maximum Gasteiger partial charge on any atom is 0.151 e. The van der Waals surface area contributed by atoms with E-state index in [2.05, 4.69) is 15.4 Å². The molecule has 9 heteroatoms. The van der Waals surface area contributed by atoms with Crippen molar-refractivity contribution in [2.24, 2.45) is 0 Å². The zero-order valence-corrected chi connectivity index (χ0v) is 8.79. The summed E-state index contributed by atoms with van der Waals surface area (Å²) in [6.45, 7) is -0.760. The number of aldehydes is 1. The number of aromatic nitrogens is 3. The van der Waals surface area contributed by atoms with Crippen LogP contribution >= 0.6 is 0 Å². The lowest BCUT2D eigenvalue weighted by Crippen LogP contribution is -2.46. The van der Waals surface area contributed by atoms with E-state index in [9.17, 15) is 4.79 Å². The summed E-state index contributed by atoms with van der Waals surface area (Å²) in [5.41, 5.74) is 0. The third-order valence-electron chi connectivity index (χ3n) is 1.75. The molecule has 0 spiro atoms. The van der Waals surface area contributed by atoms with Gasteiger partial charge in [0, 0.05) is 0 Å². The van der Waals surface area contributed by atoms with Crippen molar-refractivity contribution in [3.8, 4) is 0 Å². The average Bonchev–Trinajstić information content (AvgIpc) is 2.93. The van der Waals surface area contributed by atoms with Gasteiger partial charge in [-0.3, -0.25) is 0 Å². The van der Waals surface area contributed by atoms with Gasteiger partial charge >= 0.3 is 0 Å². The van der Waals surface area contributed by atoms with E-state index in [-0.39, 0.29) is 6.29 Å². The molecular formula is C8H15N3O6. The van der Waals surface area contributed by atoms with Gasteiger partial charge in [0.25, 0.3) is 0 Å². The maximum atomic E-state index is 9.90. The number of carbonyl (C=O) groups excluding carboxylic acids is 1. The van der Waals surface area contributed by atoms with Crippen molar-refractivity contribution < 1.29 is 30.3 Å². The van der Waals surface area contributed by atoms with Crippen molar-refractivity contribution in [1.82, 2.24) is 15.4 Å². The number of H-pyrrole nitrogens is 1. The topological polar surface area (TPSA) is 160 Å². The highest BCUT2D eigenvalue weighted by molar-refractivity contribution is 5.56. The van der Waals surface area contributed by atoms with Crippen LogP contribution in [0.15, 0.2) is 12.4 Å². The SMILES string of the molecule is O=CC(O)C(O)C(O)C(O)CO.c1cn[nH]n1. The fourth-order valence-electron chi connectivity index (χ4n) is 0.785. The van der Waals surface area contributed by atoms with Crippen LogP contribution in [-0.4, -0.2) is 78.3 Å². The first-order chi connectivity index (χ1) is 8.04. The van der Waals surface area contributed by atoms with Crippen LogP contribution in [0.1, 0.15) is 0 Å². The number of hydrogen-bond acceptors (Lipinski definition) is 8. The average molecular weight is 249 g/mol. The van der Waals surface area contributed by atoms with Gasteiger partial charge in [0.15, 0.2) is 6.29 Å². The van der Waals surface area contributed by atoms with E-state index in [4.69, 9.17) is 25.5 Å². The number of nitrogens with one attached hydrogen (secondary N) is 1. The second-order valence-corrected chi connectivity index (χ2v) is 3.01. The van der Waals surface area contributed by atoms with Crippen molar-refractivity contribution in [2.75, 3.05) is 6.61 Å². The molecular weight excluding hydrogens is 234 g/mol. The molecule has 6 N–H and O–H groups in total. The van der Waals surface area contributed by atoms with Crippen LogP contribution in [0.25, 0.3) is 0 Å². The van der Waals surface area contributed by atoms with Gasteiger partial charge in [0.2, 0.25) is 0 Å². The molecule has 1 rings (SSSR count). The normalized spacial score (nSPS) is 17.2. The van der Waals surface area contributed by atoms with Crippen LogP contribution in [0.2, 0.25) is 0 Å². The van der Waals surface area contributed by atoms with Gasteiger partial charge in [-0.15, -0.1) is 0 Å². The number of rotatable bonds is 5. The predicted octanol–water partition coefficient (Wildman–Crippen LogP) is -3.57. The summed E-state index contributed by atoms with van der Waals surface area (Å²) < 4.78 is 0. The highest BCUT2D eigenvalue weighted by atomic mass is 16.4. The van der Waals surface area contributed by atoms with E-state index >= 15 is 0 Å². The lowest BCUT2D eigenvalue weighted by Gasteiger charge is -2.22. The first-order valence-corrected chi connectivity index (χ1v) is 4.62. The van der Waals surface area contributed by atoms with Gasteiger partial charge in [-0.25, -0.2) is 0 Å². The van der Waals surface area contributed by atoms with Gasteiger partial charge in [-0.1, -0.05) is 0 Å². The molecule has 0 aliphatic heterocycles. The molecule has 0 aromatic carbocycles. The van der Waals surface area contributed by atoms with Crippen LogP contribution < -0.4 is 0 Å². The fourth-order valence-corrected chi connectivity index (χ4v) is 0.785. The van der Waals surface area contributed by atoms with Crippen LogP contribution in [0.3, 0.4) is 0 Å². The van der Waals surface area contributed by atoms with E-state index < -0.39 is 31.0 Å². The van der Waals surface area contributed by atoms with Crippen LogP contribution in [-0.2, 0) is 4.79 Å². The number of aromatic amines is 1. The number of aliphatic hydroxyl groups is 5. The second kappa shape index (κ2) is 8.73. The highest BCUT2D eigenvalue weighted by Crippen LogP contribution is 2.02. The Morgan fingerprint density at radius 1 is 1.12 bits per heavy atom. The van der Waals surface area contributed by atoms with Crippen LogP contribution in [0, 0.1) is 0 Å². The van der Waals surface area contributed by atoms with E-state index in [0.717, 1.165) is 0 Å². The minimum absolute atomic E-state index is 0.0258. The molecule has 0 bridgehead atoms. The highest BCUT2D eigenvalue weighted by Gasteiger charge is 2.29. The lowest BCUT2D eigenvalue weighted by molar-refractivity contribution is -0.136. The molecule has 98 valence electrons. The Balaban J connectivity index is 0.000000419. The van der Waals surface area contributed by atoms with Gasteiger partial charge in [-0.05, 0) is 0 Å². The van der Waals surface area contributed by atoms with Crippen LogP contribution in [0.4, 0.5) is 0 Å². The summed E-state index contributed by atoms with van der Waals surface area (Å²) in [7, 11) is 0. The molecule has 0 fully saturated rings. The smallest absolute Gasteiger partial charge is 0.151 e. The Morgan fingerprint density at radius 3 is 1.94 bits per heavy atom. The molecule has 0 aliphatic rings. The van der Waals surface area contributed by atoms with Crippen molar-refractivity contribution in [3.05, 3.63) is 12.4 Å². The first kappa shape index (κ1) is 15.6. The first-order valence-electron chi connectivity index (χ1n) is 4.62. The molecule has 1 aromatic rings. The summed E-state index contributed by atoms with van der Waals surface area (Å²) in [6, 6.07) is 0. The third-order valence-corrected chi connectivity index (χ3v) is 1.75. The van der Waals surface area contributed by atoms with Crippen molar-refractivity contribution in [2.45, 2.75) is 24.4 Å². The maximum absolute atomic E-state index is 9.90. The lowest BCUT2D eigenvalue weighted by atomic mass is 10.0. The summed E-state index contributed by atoms with van der Waals surface area (Å²) in [4.78, 5) is 9.90. The summed E-state index contributed by atoms with van der Waals surface area (Å²) in [5.74, 6) is 0. The molecule has 17 heavy (non-hydrogen) atoms. The van der Waals surface area contributed by atoms with Crippen molar-refractivity contribution in [3.63, 3.8) is 0 Å². The zero-order valence-electron chi connectivity index (χ0n) is 8.79. The van der Waals surface area contributed by atoms with Gasteiger partial charge in [-0.2, -0.15) is 15.4 Å². The van der Waals surface area contributed by atoms with Gasteiger partial charge in [0.05, 0.1) is 19.0 Å². The third kappa shape index (κ3) is 6.04. The molecule has 1 heterocycles. The number of nitrogens with zero attached hydrogens (tertiary/aromatic N) is 2. The monoisotopic (exact) mass is 249 g/mol. The molecule has 9 nitrogen and oxygen atoms in total. The summed E-state index contributed by atoms with van der Waals surface area (Å²) in [6.07, 6.45) is -3.67. The van der Waals surface area contributed by atoms with Crippen LogP contribution in [0.5, 0.6) is 0 Å². The quantitative estimate of drug-likeness (QED) is 0.292. The number of hydrogen-bond donors (Lipinski definition) is 6. The second-order valence-electron chi connectivity index (χ2n) is 3.01. The molecule has 0 aliphatic carbocycles. The van der Waals surface area contributed by atoms with E-state index in [1.54, 1.807) is 12.4 Å². The van der Waals surface area contributed by atoms with Crippen molar-refractivity contribution in [1.29, 1.82) is 0 Å². The van der Waals surface area contributed by atoms with E-state index in [1.807, 2.05) is 0 Å². The Kier molecular flexibility index (Phi) is 8.01. The largest absolute Gasteiger partial charge is 0.394 e. The molecule has 0 saturated carbocycles. The molecule has 0 radical (unpaired) electrons. The van der Waals surface area contributed by atoms with Gasteiger partial charge in [0.1, 0.15) is 24.4 Å². The Labute approximate surface area is 96.3 Å². The Bertz CT molecular complexity index is 266. The Morgan fingerprint density at radius 2 is 1.65 bits per heavy atom. The van der Waals surface area contributed by atoms with E-state index in [1.165, 1.54) is 0 Å². The number of aliphatic hydroxyl groups excluding tert-OH is 5. The van der Waals surface area contributed by atoms with Crippen molar-refractivity contribution >= 4 is 6.29 Å². The van der Waals surface area contributed by atoms with E-state index in [0.29, 0.717) is 0 Å². The zero-order chi connectivity index (χ0) is 13.3. The molecule has 4 unspecified atom stereocenters. The summed E-state index contributed by atoms with van der Waals surface area (Å²) >= 11 is 0. The molecule has 0 amide bonds. The Hall–Kier alpha value is -1.39. The number of carbonyl (C=O) groups is 1. The summed E-state index contributed by atoms with van der Waals surface area (Å²) in [5, 5.41) is 52.9. The predicted molar refractivity (Wildman–Crippen MR) is 53.6 cm³/mol. The van der Waals surface area contributed by atoms with Gasteiger partial charge < -0.3 is 30.3 Å². The molecule has 0 saturated heterocycles. The minimum atomic E-state index is -1.79. The minimum Gasteiger partial charge on any atom is -0.394 e. The standard InChI is InChI=1S/C6H12O6.C2H3N3/c7-1-3(9)5(11)6(12)4(10)2-8;1-2-4-5-3-1/h1,3-6,8-12H,2H2;1-2H,(H,3,4,5). The molecule has 1 aromatic heterocycles. The molecule has 4 atom stereocenters.